The van der Waals surface area contributed by atoms with E-state index in [1.807, 2.05) is 11.9 Å². The average Bonchev–Trinajstić information content (AvgIpc) is 3.06. The maximum atomic E-state index is 13.8. The Morgan fingerprint density at radius 2 is 2.12 bits per heavy atom. The summed E-state index contributed by atoms with van der Waals surface area (Å²) in [6.45, 7) is 0.977. The second-order valence-electron chi connectivity index (χ2n) is 6.28. The summed E-state index contributed by atoms with van der Waals surface area (Å²) in [4.78, 5) is 25.6. The number of carbonyl (C=O) groups excluding carboxylic acids is 1. The third-order valence-corrected chi connectivity index (χ3v) is 4.39. The van der Waals surface area contributed by atoms with Gasteiger partial charge in [0.25, 0.3) is 5.91 Å². The van der Waals surface area contributed by atoms with E-state index in [2.05, 4.69) is 10.5 Å². The molecular formula is C17H17F2N3O4. The van der Waals surface area contributed by atoms with Gasteiger partial charge in [0.15, 0.2) is 11.5 Å². The first kappa shape index (κ1) is 18.0. The fraction of sp³-hybridized carbons (Fsp3) is 0.353. The third kappa shape index (κ3) is 3.72. The molecule has 1 aliphatic heterocycles. The molecule has 9 heteroatoms. The summed E-state index contributed by atoms with van der Waals surface area (Å²) in [5.41, 5.74) is -0.132. The molecule has 0 unspecified atom stereocenters. The molecule has 7 nitrogen and oxygen atoms in total. The van der Waals surface area contributed by atoms with Crippen LogP contribution in [-0.4, -0.2) is 53.2 Å². The van der Waals surface area contributed by atoms with Crippen molar-refractivity contribution in [3.8, 4) is 11.3 Å². The number of nitrogens with zero attached hydrogens (tertiary/aromatic N) is 2. The van der Waals surface area contributed by atoms with Crippen LogP contribution in [0.25, 0.3) is 11.3 Å². The predicted octanol–water partition coefficient (Wildman–Crippen LogP) is 1.75. The zero-order valence-corrected chi connectivity index (χ0v) is 13.9. The van der Waals surface area contributed by atoms with Crippen molar-refractivity contribution in [2.75, 3.05) is 20.1 Å². The van der Waals surface area contributed by atoms with Crippen LogP contribution in [0.4, 0.5) is 8.78 Å². The minimum Gasteiger partial charge on any atom is -0.481 e. The minimum atomic E-state index is -0.990. The van der Waals surface area contributed by atoms with Crippen molar-refractivity contribution in [3.05, 3.63) is 41.6 Å². The van der Waals surface area contributed by atoms with Crippen LogP contribution in [0.15, 0.2) is 28.8 Å². The number of piperidine rings is 1. The second kappa shape index (κ2) is 7.20. The molecule has 0 radical (unpaired) electrons. The standard InChI is InChI=1S/C17H17F2N3O4/c1-22-5-4-13(11(8-22)17(24)25)20-16(23)14-7-15(26-21-14)10-3-2-9(18)6-12(10)19/h2-3,6-7,11,13H,4-5,8H2,1H3,(H,20,23)(H,24,25)/t11-,13-/m0/s1. The van der Waals surface area contributed by atoms with Crippen molar-refractivity contribution in [2.45, 2.75) is 12.5 Å². The topological polar surface area (TPSA) is 95.7 Å². The summed E-state index contributed by atoms with van der Waals surface area (Å²) in [6.07, 6.45) is 0.483. The molecule has 1 saturated heterocycles. The van der Waals surface area contributed by atoms with Crippen LogP contribution in [-0.2, 0) is 4.79 Å². The maximum Gasteiger partial charge on any atom is 0.309 e. The van der Waals surface area contributed by atoms with Crippen molar-refractivity contribution >= 4 is 11.9 Å². The van der Waals surface area contributed by atoms with Gasteiger partial charge < -0.3 is 19.8 Å². The molecular weight excluding hydrogens is 348 g/mol. The quantitative estimate of drug-likeness (QED) is 0.857. The fourth-order valence-corrected chi connectivity index (χ4v) is 2.98. The van der Waals surface area contributed by atoms with Crippen LogP contribution in [0.3, 0.4) is 0 Å². The number of amides is 1. The molecule has 138 valence electrons. The number of halogens is 2. The van der Waals surface area contributed by atoms with Crippen LogP contribution in [0.5, 0.6) is 0 Å². The smallest absolute Gasteiger partial charge is 0.309 e. The van der Waals surface area contributed by atoms with Crippen molar-refractivity contribution in [1.82, 2.24) is 15.4 Å². The Balaban J connectivity index is 1.74. The van der Waals surface area contributed by atoms with Gasteiger partial charge >= 0.3 is 5.97 Å². The highest BCUT2D eigenvalue weighted by molar-refractivity contribution is 5.93. The van der Waals surface area contributed by atoms with E-state index in [-0.39, 0.29) is 17.0 Å². The number of benzene rings is 1. The first-order valence-corrected chi connectivity index (χ1v) is 7.99. The van der Waals surface area contributed by atoms with E-state index in [4.69, 9.17) is 4.52 Å². The van der Waals surface area contributed by atoms with E-state index in [0.717, 1.165) is 6.07 Å². The number of carboxylic acids is 1. The van der Waals surface area contributed by atoms with Gasteiger partial charge in [0.1, 0.15) is 11.6 Å². The van der Waals surface area contributed by atoms with Crippen LogP contribution in [0.2, 0.25) is 0 Å². The highest BCUT2D eigenvalue weighted by Gasteiger charge is 2.34. The maximum absolute atomic E-state index is 13.8. The van der Waals surface area contributed by atoms with E-state index in [1.165, 1.54) is 12.1 Å². The van der Waals surface area contributed by atoms with E-state index in [1.54, 1.807) is 0 Å². The summed E-state index contributed by atoms with van der Waals surface area (Å²) in [6, 6.07) is 3.64. The Bertz CT molecular complexity index is 839. The summed E-state index contributed by atoms with van der Waals surface area (Å²) in [5, 5.41) is 15.6. The lowest BCUT2D eigenvalue weighted by atomic mass is 9.92. The predicted molar refractivity (Wildman–Crippen MR) is 86.3 cm³/mol. The SMILES string of the molecule is CN1CC[C@H](NC(=O)c2cc(-c3ccc(F)cc3F)on2)[C@@H](C(=O)O)C1. The lowest BCUT2D eigenvalue weighted by Gasteiger charge is -2.34. The summed E-state index contributed by atoms with van der Waals surface area (Å²) in [5.74, 6) is -3.93. The molecule has 1 amide bonds. The van der Waals surface area contributed by atoms with Crippen LogP contribution >= 0.6 is 0 Å². The van der Waals surface area contributed by atoms with Crippen molar-refractivity contribution in [1.29, 1.82) is 0 Å². The van der Waals surface area contributed by atoms with Gasteiger partial charge in [-0.05, 0) is 32.1 Å². The Morgan fingerprint density at radius 1 is 1.35 bits per heavy atom. The molecule has 2 atom stereocenters. The molecule has 0 bridgehead atoms. The van der Waals surface area contributed by atoms with E-state index in [9.17, 15) is 23.5 Å². The molecule has 0 saturated carbocycles. The lowest BCUT2D eigenvalue weighted by Crippen LogP contribution is -2.52. The molecule has 3 rings (SSSR count). The second-order valence-corrected chi connectivity index (χ2v) is 6.28. The van der Waals surface area contributed by atoms with Crippen molar-refractivity contribution < 1.29 is 28.0 Å². The summed E-state index contributed by atoms with van der Waals surface area (Å²) >= 11 is 0. The van der Waals surface area contributed by atoms with Gasteiger partial charge in [-0.2, -0.15) is 0 Å². The normalized spacial score (nSPS) is 20.7. The number of likely N-dealkylation sites (tertiary alicyclic amines) is 1. The zero-order valence-electron chi connectivity index (χ0n) is 13.9. The monoisotopic (exact) mass is 365 g/mol. The Morgan fingerprint density at radius 3 is 2.81 bits per heavy atom. The molecule has 0 spiro atoms. The molecule has 1 aromatic heterocycles. The summed E-state index contributed by atoms with van der Waals surface area (Å²) in [7, 11) is 1.81. The lowest BCUT2D eigenvalue weighted by molar-refractivity contribution is -0.144. The number of aliphatic carboxylic acids is 1. The van der Waals surface area contributed by atoms with Crippen molar-refractivity contribution in [2.24, 2.45) is 5.92 Å². The fourth-order valence-electron chi connectivity index (χ4n) is 2.98. The molecule has 0 aliphatic carbocycles. The van der Waals surface area contributed by atoms with Crippen molar-refractivity contribution in [3.63, 3.8) is 0 Å². The van der Waals surface area contributed by atoms with E-state index < -0.39 is 35.5 Å². The van der Waals surface area contributed by atoms with E-state index in [0.29, 0.717) is 25.6 Å². The van der Waals surface area contributed by atoms with Gasteiger partial charge in [0, 0.05) is 24.7 Å². The molecule has 2 N–H and O–H groups in total. The molecule has 1 aliphatic rings. The Kier molecular flexibility index (Phi) is 4.99. The van der Waals surface area contributed by atoms with Crippen LogP contribution in [0, 0.1) is 17.6 Å². The number of carboxylic acid groups (broad SMARTS) is 1. The van der Waals surface area contributed by atoms with Gasteiger partial charge in [-0.3, -0.25) is 9.59 Å². The number of aromatic nitrogens is 1. The average molecular weight is 365 g/mol. The number of nitrogens with one attached hydrogen (secondary N) is 1. The van der Waals surface area contributed by atoms with Gasteiger partial charge in [0.2, 0.25) is 0 Å². The minimum absolute atomic E-state index is 0.0224. The molecule has 26 heavy (non-hydrogen) atoms. The van der Waals surface area contributed by atoms with Gasteiger partial charge in [-0.25, -0.2) is 8.78 Å². The molecule has 1 fully saturated rings. The first-order chi connectivity index (χ1) is 12.3. The first-order valence-electron chi connectivity index (χ1n) is 7.99. The summed E-state index contributed by atoms with van der Waals surface area (Å²) < 4.78 is 31.8. The zero-order chi connectivity index (χ0) is 18.8. The van der Waals surface area contributed by atoms with Gasteiger partial charge in [0.05, 0.1) is 11.5 Å². The Labute approximate surface area is 147 Å². The largest absolute Gasteiger partial charge is 0.481 e. The number of rotatable bonds is 4. The Hall–Kier alpha value is -2.81. The number of hydrogen-bond donors (Lipinski definition) is 2. The molecule has 2 aromatic rings. The van der Waals surface area contributed by atoms with Crippen LogP contribution < -0.4 is 5.32 Å². The van der Waals surface area contributed by atoms with Gasteiger partial charge in [-0.15, -0.1) is 0 Å². The van der Waals surface area contributed by atoms with Gasteiger partial charge in [-0.1, -0.05) is 5.16 Å². The van der Waals surface area contributed by atoms with E-state index >= 15 is 0 Å². The highest BCUT2D eigenvalue weighted by Crippen LogP contribution is 2.24. The highest BCUT2D eigenvalue weighted by atomic mass is 19.1. The number of carbonyl (C=O) groups is 2. The number of hydrogen-bond acceptors (Lipinski definition) is 5. The molecule has 2 heterocycles. The third-order valence-electron chi connectivity index (χ3n) is 4.39. The van der Waals surface area contributed by atoms with Crippen LogP contribution in [0.1, 0.15) is 16.9 Å². The molecule has 1 aromatic carbocycles.